The van der Waals surface area contributed by atoms with E-state index in [2.05, 4.69) is 20.7 Å². The van der Waals surface area contributed by atoms with Crippen molar-refractivity contribution < 1.29 is 8.42 Å². The van der Waals surface area contributed by atoms with Crippen molar-refractivity contribution in [3.8, 4) is 0 Å². The van der Waals surface area contributed by atoms with Crippen LogP contribution in [0.25, 0.3) is 0 Å². The van der Waals surface area contributed by atoms with Gasteiger partial charge in [0, 0.05) is 11.0 Å². The lowest BCUT2D eigenvalue weighted by Crippen LogP contribution is -2.26. The molecule has 0 bridgehead atoms. The number of nitrogens with one attached hydrogen (secondary N) is 1. The van der Waals surface area contributed by atoms with Crippen LogP contribution >= 0.6 is 27.5 Å². The molecular formula is C15H15BrClNO2S. The van der Waals surface area contributed by atoms with E-state index >= 15 is 0 Å². The molecule has 112 valence electrons. The van der Waals surface area contributed by atoms with Crippen LogP contribution in [-0.2, 0) is 16.4 Å². The standard InChI is InChI=1S/C15H15BrClNO2S/c1-11-4-2-3-5-12(11)8-9-18-21(19,20)15-7-6-13(16)10-14(15)17/h2-7,10,18H,8-9H2,1H3. The summed E-state index contributed by atoms with van der Waals surface area (Å²) in [6, 6.07) is 12.6. The molecule has 0 aromatic heterocycles. The van der Waals surface area contributed by atoms with Gasteiger partial charge in [-0.2, -0.15) is 0 Å². The molecule has 0 spiro atoms. The van der Waals surface area contributed by atoms with E-state index in [-0.39, 0.29) is 9.92 Å². The largest absolute Gasteiger partial charge is 0.242 e. The number of hydrogen-bond acceptors (Lipinski definition) is 2. The van der Waals surface area contributed by atoms with E-state index in [9.17, 15) is 8.42 Å². The first kappa shape index (κ1) is 16.5. The van der Waals surface area contributed by atoms with E-state index in [0.717, 1.165) is 15.6 Å². The second-order valence-corrected chi connectivity index (χ2v) is 7.71. The third-order valence-corrected chi connectivity index (χ3v) is 5.57. The van der Waals surface area contributed by atoms with Crippen molar-refractivity contribution in [2.45, 2.75) is 18.2 Å². The van der Waals surface area contributed by atoms with Crippen LogP contribution in [0.4, 0.5) is 0 Å². The fourth-order valence-electron chi connectivity index (χ4n) is 1.98. The Morgan fingerprint density at radius 2 is 1.90 bits per heavy atom. The first-order chi connectivity index (χ1) is 9.90. The van der Waals surface area contributed by atoms with Crippen LogP contribution in [0.5, 0.6) is 0 Å². The van der Waals surface area contributed by atoms with Gasteiger partial charge in [-0.1, -0.05) is 51.8 Å². The van der Waals surface area contributed by atoms with E-state index in [1.54, 1.807) is 12.1 Å². The van der Waals surface area contributed by atoms with E-state index in [1.165, 1.54) is 6.07 Å². The van der Waals surface area contributed by atoms with Crippen molar-refractivity contribution in [2.75, 3.05) is 6.54 Å². The number of aryl methyl sites for hydroxylation is 1. The fourth-order valence-corrected chi connectivity index (χ4v) is 4.05. The Hall–Kier alpha value is -0.880. The molecule has 6 heteroatoms. The van der Waals surface area contributed by atoms with Gasteiger partial charge in [0.15, 0.2) is 0 Å². The Kier molecular flexibility index (Phi) is 5.43. The topological polar surface area (TPSA) is 46.2 Å². The Labute approximate surface area is 138 Å². The van der Waals surface area contributed by atoms with Crippen LogP contribution in [0.2, 0.25) is 5.02 Å². The molecule has 0 saturated heterocycles. The highest BCUT2D eigenvalue weighted by Gasteiger charge is 2.17. The van der Waals surface area contributed by atoms with Gasteiger partial charge in [0.1, 0.15) is 4.90 Å². The first-order valence-corrected chi connectivity index (χ1v) is 9.05. The summed E-state index contributed by atoms with van der Waals surface area (Å²) in [4.78, 5) is 0.0946. The molecule has 0 aliphatic rings. The minimum absolute atomic E-state index is 0.0946. The molecule has 0 unspecified atom stereocenters. The van der Waals surface area contributed by atoms with Crippen molar-refractivity contribution in [1.29, 1.82) is 0 Å². The molecule has 2 aromatic carbocycles. The molecule has 0 amide bonds. The van der Waals surface area contributed by atoms with Crippen LogP contribution in [-0.4, -0.2) is 15.0 Å². The Bertz CT molecular complexity index is 747. The summed E-state index contributed by atoms with van der Waals surface area (Å²) in [5, 5.41) is 0.202. The zero-order valence-electron chi connectivity index (χ0n) is 11.4. The molecule has 2 aromatic rings. The monoisotopic (exact) mass is 387 g/mol. The van der Waals surface area contributed by atoms with Crippen molar-refractivity contribution in [3.05, 3.63) is 63.1 Å². The van der Waals surface area contributed by atoms with Gasteiger partial charge >= 0.3 is 0 Å². The second-order valence-electron chi connectivity index (χ2n) is 4.65. The fraction of sp³-hybridized carbons (Fsp3) is 0.200. The van der Waals surface area contributed by atoms with E-state index in [1.807, 2.05) is 31.2 Å². The maximum Gasteiger partial charge on any atom is 0.242 e. The molecule has 0 fully saturated rings. The summed E-state index contributed by atoms with van der Waals surface area (Å²) in [7, 11) is -3.59. The normalized spacial score (nSPS) is 11.6. The molecule has 0 saturated carbocycles. The summed E-state index contributed by atoms with van der Waals surface area (Å²) >= 11 is 9.24. The molecule has 0 aliphatic heterocycles. The van der Waals surface area contributed by atoms with Gasteiger partial charge in [0.25, 0.3) is 0 Å². The zero-order chi connectivity index (χ0) is 15.5. The second kappa shape index (κ2) is 6.92. The third-order valence-electron chi connectivity index (χ3n) is 3.13. The van der Waals surface area contributed by atoms with Gasteiger partial charge in [0.05, 0.1) is 5.02 Å². The van der Waals surface area contributed by atoms with E-state index in [0.29, 0.717) is 13.0 Å². The minimum atomic E-state index is -3.59. The highest BCUT2D eigenvalue weighted by molar-refractivity contribution is 9.10. The summed E-state index contributed by atoms with van der Waals surface area (Å²) < 4.78 is 27.8. The van der Waals surface area contributed by atoms with Gasteiger partial charge in [0.2, 0.25) is 10.0 Å². The van der Waals surface area contributed by atoms with Crippen LogP contribution in [0.3, 0.4) is 0 Å². The van der Waals surface area contributed by atoms with Gasteiger partial charge < -0.3 is 0 Å². The maximum absolute atomic E-state index is 12.2. The van der Waals surface area contributed by atoms with Crippen molar-refractivity contribution in [3.63, 3.8) is 0 Å². The van der Waals surface area contributed by atoms with Gasteiger partial charge in [-0.25, -0.2) is 13.1 Å². The summed E-state index contributed by atoms with van der Waals surface area (Å²) in [5.41, 5.74) is 2.28. The van der Waals surface area contributed by atoms with Crippen LogP contribution in [0.15, 0.2) is 51.8 Å². The average Bonchev–Trinajstić information content (AvgIpc) is 2.40. The summed E-state index contributed by atoms with van der Waals surface area (Å²) in [6.07, 6.45) is 0.639. The summed E-state index contributed by atoms with van der Waals surface area (Å²) in [6.45, 7) is 2.34. The molecule has 0 atom stereocenters. The molecule has 0 radical (unpaired) electrons. The predicted molar refractivity (Wildman–Crippen MR) is 89.2 cm³/mol. The van der Waals surface area contributed by atoms with Crippen molar-refractivity contribution in [2.24, 2.45) is 0 Å². The van der Waals surface area contributed by atoms with E-state index < -0.39 is 10.0 Å². The SMILES string of the molecule is Cc1ccccc1CCNS(=O)(=O)c1ccc(Br)cc1Cl. The third kappa shape index (κ3) is 4.30. The van der Waals surface area contributed by atoms with Crippen LogP contribution < -0.4 is 4.72 Å². The quantitative estimate of drug-likeness (QED) is 0.843. The summed E-state index contributed by atoms with van der Waals surface area (Å²) in [5.74, 6) is 0. The van der Waals surface area contributed by atoms with Crippen molar-refractivity contribution >= 4 is 37.6 Å². The van der Waals surface area contributed by atoms with Crippen LogP contribution in [0.1, 0.15) is 11.1 Å². The Morgan fingerprint density at radius 3 is 2.57 bits per heavy atom. The lowest BCUT2D eigenvalue weighted by molar-refractivity contribution is 0.581. The Balaban J connectivity index is 2.07. The molecule has 1 N–H and O–H groups in total. The highest BCUT2D eigenvalue weighted by atomic mass is 79.9. The molecule has 2 rings (SSSR count). The van der Waals surface area contributed by atoms with Gasteiger partial charge in [-0.3, -0.25) is 0 Å². The molecule has 0 heterocycles. The number of sulfonamides is 1. The zero-order valence-corrected chi connectivity index (χ0v) is 14.6. The lowest BCUT2D eigenvalue weighted by Gasteiger charge is -2.09. The smallest absolute Gasteiger partial charge is 0.211 e. The average molecular weight is 389 g/mol. The lowest BCUT2D eigenvalue weighted by atomic mass is 10.1. The predicted octanol–water partition coefficient (Wildman–Crippen LogP) is 3.93. The minimum Gasteiger partial charge on any atom is -0.211 e. The van der Waals surface area contributed by atoms with Gasteiger partial charge in [-0.15, -0.1) is 0 Å². The number of benzene rings is 2. The number of halogens is 2. The molecule has 0 aliphatic carbocycles. The van der Waals surface area contributed by atoms with Gasteiger partial charge in [-0.05, 0) is 42.7 Å². The maximum atomic E-state index is 12.2. The molecule has 3 nitrogen and oxygen atoms in total. The van der Waals surface area contributed by atoms with E-state index in [4.69, 9.17) is 11.6 Å². The Morgan fingerprint density at radius 1 is 1.19 bits per heavy atom. The number of rotatable bonds is 5. The molecular weight excluding hydrogens is 374 g/mol. The number of hydrogen-bond donors (Lipinski definition) is 1. The molecule has 21 heavy (non-hydrogen) atoms. The highest BCUT2D eigenvalue weighted by Crippen LogP contribution is 2.25. The van der Waals surface area contributed by atoms with Crippen molar-refractivity contribution in [1.82, 2.24) is 4.72 Å². The van der Waals surface area contributed by atoms with Crippen LogP contribution in [0, 0.1) is 6.92 Å². The first-order valence-electron chi connectivity index (χ1n) is 6.39.